The highest BCUT2D eigenvalue weighted by Crippen LogP contribution is 2.20. The number of aryl methyl sites for hydroxylation is 2. The molecule has 0 aromatic carbocycles. The Hall–Kier alpha value is -1.00. The molecule has 2 aromatic heterocycles. The summed E-state index contributed by atoms with van der Waals surface area (Å²) >= 11 is 4.07. The minimum Gasteiger partial charge on any atom is -0.205 e. The summed E-state index contributed by atoms with van der Waals surface area (Å²) in [4.78, 5) is 2.86. The fraction of sp³-hybridized carbons (Fsp3) is 0.744. The van der Waals surface area contributed by atoms with Gasteiger partial charge in [-0.05, 0) is 37.2 Å². The number of thioether (sulfide) groups is 2. The lowest BCUT2D eigenvalue weighted by molar-refractivity contribution is -0.697. The first-order valence-corrected chi connectivity index (χ1v) is 20.5. The van der Waals surface area contributed by atoms with Crippen LogP contribution < -0.4 is 9.13 Å². The minimum atomic E-state index is 1.17. The molecule has 2 aromatic rings. The maximum atomic E-state index is 2.37. The molecule has 0 N–H and O–H groups in total. The lowest BCUT2D eigenvalue weighted by atomic mass is 10.1. The van der Waals surface area contributed by atoms with E-state index in [-0.39, 0.29) is 0 Å². The average molecular weight is 629 g/mol. The third-order valence-electron chi connectivity index (χ3n) is 8.59. The van der Waals surface area contributed by atoms with Crippen molar-refractivity contribution in [2.24, 2.45) is 0 Å². The zero-order valence-corrected chi connectivity index (χ0v) is 30.1. The molecular weight excluding hydrogens is 561 g/mol. The Morgan fingerprint density at radius 1 is 0.372 bits per heavy atom. The zero-order chi connectivity index (χ0) is 30.5. The van der Waals surface area contributed by atoms with Crippen LogP contribution in [0, 0.1) is 0 Å². The molecule has 4 heteroatoms. The predicted molar refractivity (Wildman–Crippen MR) is 192 cm³/mol. The van der Waals surface area contributed by atoms with Crippen LogP contribution in [0.3, 0.4) is 0 Å². The summed E-state index contributed by atoms with van der Waals surface area (Å²) in [6.45, 7) is 6.93. The van der Waals surface area contributed by atoms with E-state index in [1.165, 1.54) is 182 Å². The van der Waals surface area contributed by atoms with Gasteiger partial charge in [0.1, 0.15) is 13.1 Å². The maximum absolute atomic E-state index is 2.37. The highest BCUT2D eigenvalue weighted by molar-refractivity contribution is 7.99. The number of pyridine rings is 2. The third kappa shape index (κ3) is 22.2. The Balaban J connectivity index is 1.35. The monoisotopic (exact) mass is 628 g/mol. The Morgan fingerprint density at radius 2 is 0.651 bits per heavy atom. The number of hydrogen-bond donors (Lipinski definition) is 0. The van der Waals surface area contributed by atoms with Gasteiger partial charge in [-0.2, -0.15) is 0 Å². The normalized spacial score (nSPS) is 11.4. The second-order valence-corrected chi connectivity index (χ2v) is 15.0. The van der Waals surface area contributed by atoms with Gasteiger partial charge < -0.3 is 0 Å². The van der Waals surface area contributed by atoms with Gasteiger partial charge in [0.25, 0.3) is 0 Å². The summed E-state index contributed by atoms with van der Waals surface area (Å²) < 4.78 is 4.74. The molecular formula is C39H68N2S2+2. The average Bonchev–Trinajstić information content (AvgIpc) is 3.03. The number of aromatic nitrogens is 2. The quantitative estimate of drug-likeness (QED) is 0.0483. The molecule has 0 bridgehead atoms. The summed E-state index contributed by atoms with van der Waals surface area (Å²) in [5.74, 6) is 2.52. The lowest BCUT2D eigenvalue weighted by Gasteiger charge is -2.04. The highest BCUT2D eigenvalue weighted by atomic mass is 32.2. The molecule has 0 radical (unpaired) electrons. The van der Waals surface area contributed by atoms with Crippen LogP contribution in [0.5, 0.6) is 0 Å². The maximum Gasteiger partial charge on any atom is 0.169 e. The fourth-order valence-corrected chi connectivity index (χ4v) is 7.50. The van der Waals surface area contributed by atoms with Crippen molar-refractivity contribution < 1.29 is 9.13 Å². The molecule has 2 rings (SSSR count). The van der Waals surface area contributed by atoms with Gasteiger partial charge in [-0.25, -0.2) is 9.13 Å². The molecule has 0 unspecified atom stereocenters. The molecule has 0 saturated carbocycles. The summed E-state index contributed by atoms with van der Waals surface area (Å²) in [6.07, 6.45) is 41.1. The van der Waals surface area contributed by atoms with E-state index >= 15 is 0 Å². The third-order valence-corrected chi connectivity index (χ3v) is 10.8. The van der Waals surface area contributed by atoms with E-state index < -0.39 is 0 Å². The largest absolute Gasteiger partial charge is 0.205 e. The number of rotatable bonds is 30. The number of unbranched alkanes of at least 4 members (excludes halogenated alkanes) is 20. The topological polar surface area (TPSA) is 7.76 Å². The Morgan fingerprint density at radius 3 is 0.977 bits per heavy atom. The smallest absolute Gasteiger partial charge is 0.169 e. The van der Waals surface area contributed by atoms with Crippen molar-refractivity contribution in [2.45, 2.75) is 184 Å². The molecule has 0 saturated heterocycles. The first kappa shape index (κ1) is 38.2. The van der Waals surface area contributed by atoms with E-state index in [0.717, 1.165) is 0 Å². The van der Waals surface area contributed by atoms with Crippen molar-refractivity contribution in [3.05, 3.63) is 49.1 Å². The van der Waals surface area contributed by atoms with Crippen molar-refractivity contribution >= 4 is 23.5 Å². The van der Waals surface area contributed by atoms with E-state index in [0.29, 0.717) is 0 Å². The lowest BCUT2D eigenvalue weighted by Crippen LogP contribution is -2.32. The highest BCUT2D eigenvalue weighted by Gasteiger charge is 2.04. The van der Waals surface area contributed by atoms with E-state index in [4.69, 9.17) is 0 Å². The SMILES string of the molecule is CCCCCCCCCC[n+]1ccc(SCCCCCCCCCSc2cc[n+](CCCCCCCCCC)cc2)cc1. The predicted octanol–water partition coefficient (Wildman–Crippen LogP) is 12.2. The Kier molecular flexibility index (Phi) is 25.3. The molecule has 2 nitrogen and oxygen atoms in total. The number of nitrogens with zero attached hydrogens (tertiary/aromatic N) is 2. The molecule has 43 heavy (non-hydrogen) atoms. The molecule has 0 spiro atoms. The molecule has 244 valence electrons. The van der Waals surface area contributed by atoms with Crippen LogP contribution in [0.15, 0.2) is 58.8 Å². The molecule has 0 atom stereocenters. The molecule has 0 aliphatic heterocycles. The van der Waals surface area contributed by atoms with Crippen molar-refractivity contribution in [2.75, 3.05) is 11.5 Å². The van der Waals surface area contributed by atoms with Crippen molar-refractivity contribution in [1.29, 1.82) is 0 Å². The van der Waals surface area contributed by atoms with Crippen LogP contribution in [0.25, 0.3) is 0 Å². The molecule has 0 aliphatic rings. The summed E-state index contributed by atoms with van der Waals surface area (Å²) in [7, 11) is 0. The fourth-order valence-electron chi connectivity index (χ4n) is 5.70. The van der Waals surface area contributed by atoms with Gasteiger partial charge in [-0.3, -0.25) is 0 Å². The summed E-state index contributed by atoms with van der Waals surface area (Å²) in [5.41, 5.74) is 0. The standard InChI is InChI=1S/C39H68N2S2/c1-3-5-7-9-11-14-18-22-30-40-32-26-38(27-33-40)42-36-24-20-16-13-17-21-25-37-43-39-28-34-41(35-29-39)31-23-19-15-12-10-8-6-4-2/h26-29,32-35H,3-25,30-31,36-37H2,1-2H3/q+2. The van der Waals surface area contributed by atoms with Gasteiger partial charge in [-0.15, -0.1) is 23.5 Å². The minimum absolute atomic E-state index is 1.17. The number of hydrogen-bond acceptors (Lipinski definition) is 2. The van der Waals surface area contributed by atoms with Crippen LogP contribution in [0.4, 0.5) is 0 Å². The van der Waals surface area contributed by atoms with E-state index in [1.807, 2.05) is 23.5 Å². The van der Waals surface area contributed by atoms with Crippen LogP contribution >= 0.6 is 23.5 Å². The van der Waals surface area contributed by atoms with Gasteiger partial charge in [0.05, 0.1) is 0 Å². The van der Waals surface area contributed by atoms with Crippen LogP contribution in [0.1, 0.15) is 162 Å². The van der Waals surface area contributed by atoms with Crippen molar-refractivity contribution in [3.63, 3.8) is 0 Å². The first-order valence-electron chi connectivity index (χ1n) is 18.6. The van der Waals surface area contributed by atoms with Crippen molar-refractivity contribution in [1.82, 2.24) is 0 Å². The van der Waals surface area contributed by atoms with Crippen molar-refractivity contribution in [3.8, 4) is 0 Å². The molecule has 0 aliphatic carbocycles. The second-order valence-electron chi connectivity index (χ2n) is 12.7. The van der Waals surface area contributed by atoms with Crippen LogP contribution in [-0.2, 0) is 13.1 Å². The summed E-state index contributed by atoms with van der Waals surface area (Å²) in [5, 5.41) is 0. The van der Waals surface area contributed by atoms with Gasteiger partial charge in [0.2, 0.25) is 0 Å². The van der Waals surface area contributed by atoms with Crippen LogP contribution in [0.2, 0.25) is 0 Å². The molecule has 0 amide bonds. The van der Waals surface area contributed by atoms with E-state index in [2.05, 4.69) is 72.0 Å². The van der Waals surface area contributed by atoms with E-state index in [9.17, 15) is 0 Å². The van der Waals surface area contributed by atoms with Gasteiger partial charge in [-0.1, -0.05) is 123 Å². The Labute approximate surface area is 276 Å². The molecule has 2 heterocycles. The second kappa shape index (κ2) is 28.5. The van der Waals surface area contributed by atoms with Gasteiger partial charge in [0, 0.05) is 46.9 Å². The van der Waals surface area contributed by atoms with Gasteiger partial charge in [0.15, 0.2) is 24.8 Å². The van der Waals surface area contributed by atoms with Crippen LogP contribution in [-0.4, -0.2) is 11.5 Å². The first-order chi connectivity index (χ1) is 21.3. The van der Waals surface area contributed by atoms with E-state index in [1.54, 1.807) is 0 Å². The van der Waals surface area contributed by atoms with Gasteiger partial charge >= 0.3 is 0 Å². The Bertz CT molecular complexity index is 781. The zero-order valence-electron chi connectivity index (χ0n) is 28.4. The molecule has 0 fully saturated rings. The summed E-state index contributed by atoms with van der Waals surface area (Å²) in [6, 6.07) is 9.27.